The van der Waals surface area contributed by atoms with Gasteiger partial charge in [-0.1, -0.05) is 11.6 Å². The lowest BCUT2D eigenvalue weighted by molar-refractivity contribution is -0.125. The van der Waals surface area contributed by atoms with Crippen molar-refractivity contribution in [3.8, 4) is 11.5 Å². The van der Waals surface area contributed by atoms with E-state index in [0.29, 0.717) is 22.2 Å². The molecular formula is C14H20ClNO4. The fourth-order valence-corrected chi connectivity index (χ4v) is 1.62. The molecule has 0 bridgehead atoms. The van der Waals surface area contributed by atoms with Crippen LogP contribution in [0.1, 0.15) is 20.8 Å². The maximum atomic E-state index is 11.8. The minimum Gasteiger partial charge on any atom is -0.493 e. The molecule has 1 N–H and O–H groups in total. The molecule has 1 aromatic rings. The maximum Gasteiger partial charge on any atom is 0.250 e. The minimum absolute atomic E-state index is 0.0474. The molecule has 0 saturated carbocycles. The van der Waals surface area contributed by atoms with Crippen molar-refractivity contribution in [3.63, 3.8) is 0 Å². The first kappa shape index (κ1) is 16.6. The highest BCUT2D eigenvalue weighted by Crippen LogP contribution is 2.35. The number of carbonyl (C=O) groups excluding carboxylic acids is 1. The van der Waals surface area contributed by atoms with Crippen molar-refractivity contribution in [2.45, 2.75) is 26.4 Å². The summed E-state index contributed by atoms with van der Waals surface area (Å²) in [5, 5.41) is 3.04. The van der Waals surface area contributed by atoms with Gasteiger partial charge in [0.25, 0.3) is 0 Å². The zero-order chi connectivity index (χ0) is 15.3. The molecule has 1 aromatic carbocycles. The first-order valence-corrected chi connectivity index (χ1v) is 6.50. The van der Waals surface area contributed by atoms with Crippen molar-refractivity contribution in [2.24, 2.45) is 0 Å². The number of anilines is 1. The van der Waals surface area contributed by atoms with E-state index >= 15 is 0 Å². The lowest BCUT2D eigenvalue weighted by atomic mass is 10.2. The number of carbonyl (C=O) groups is 1. The first-order chi connectivity index (χ1) is 9.26. The van der Waals surface area contributed by atoms with Crippen LogP contribution in [0.3, 0.4) is 0 Å². The van der Waals surface area contributed by atoms with Gasteiger partial charge in [0.15, 0.2) is 11.5 Å². The van der Waals surface area contributed by atoms with Crippen molar-refractivity contribution < 1.29 is 19.0 Å². The van der Waals surface area contributed by atoms with E-state index in [0.717, 1.165) is 0 Å². The molecule has 112 valence electrons. The largest absolute Gasteiger partial charge is 0.493 e. The van der Waals surface area contributed by atoms with Crippen LogP contribution in [0.15, 0.2) is 12.1 Å². The van der Waals surface area contributed by atoms with Gasteiger partial charge in [0.1, 0.15) is 6.61 Å². The number of benzene rings is 1. The van der Waals surface area contributed by atoms with E-state index in [1.807, 2.05) is 20.8 Å². The van der Waals surface area contributed by atoms with Crippen LogP contribution in [0.25, 0.3) is 0 Å². The van der Waals surface area contributed by atoms with Crippen LogP contribution >= 0.6 is 11.6 Å². The van der Waals surface area contributed by atoms with E-state index in [-0.39, 0.29) is 18.1 Å². The highest BCUT2D eigenvalue weighted by atomic mass is 35.5. The fraction of sp³-hybridized carbons (Fsp3) is 0.500. The molecule has 0 heterocycles. The Morgan fingerprint density at radius 1 is 1.20 bits per heavy atom. The summed E-state index contributed by atoms with van der Waals surface area (Å²) in [5.74, 6) is 0.708. The average molecular weight is 302 g/mol. The molecule has 0 aliphatic heterocycles. The molecule has 0 fully saturated rings. The van der Waals surface area contributed by atoms with E-state index in [4.69, 9.17) is 25.8 Å². The lowest BCUT2D eigenvalue weighted by Crippen LogP contribution is -2.27. The van der Waals surface area contributed by atoms with Gasteiger partial charge in [-0.05, 0) is 20.8 Å². The van der Waals surface area contributed by atoms with E-state index in [1.54, 1.807) is 12.1 Å². The Kier molecular flexibility index (Phi) is 5.65. The third-order valence-corrected chi connectivity index (χ3v) is 2.70. The summed E-state index contributed by atoms with van der Waals surface area (Å²) in [4.78, 5) is 11.8. The number of hydrogen-bond acceptors (Lipinski definition) is 4. The number of ether oxygens (including phenoxy) is 3. The monoisotopic (exact) mass is 301 g/mol. The molecule has 0 spiro atoms. The summed E-state index contributed by atoms with van der Waals surface area (Å²) >= 11 is 6.08. The van der Waals surface area contributed by atoms with Crippen LogP contribution in [-0.2, 0) is 9.53 Å². The van der Waals surface area contributed by atoms with Crippen LogP contribution < -0.4 is 14.8 Å². The zero-order valence-electron chi connectivity index (χ0n) is 12.4. The highest BCUT2D eigenvalue weighted by Gasteiger charge is 2.15. The van der Waals surface area contributed by atoms with Crippen LogP contribution in [0.5, 0.6) is 11.5 Å². The second-order valence-electron chi connectivity index (χ2n) is 5.14. The van der Waals surface area contributed by atoms with Gasteiger partial charge in [0.05, 0.1) is 30.5 Å². The average Bonchev–Trinajstić information content (AvgIpc) is 2.37. The quantitative estimate of drug-likeness (QED) is 0.908. The molecule has 1 rings (SSSR count). The molecular weight excluding hydrogens is 282 g/mol. The number of rotatable bonds is 5. The van der Waals surface area contributed by atoms with Gasteiger partial charge in [-0.15, -0.1) is 0 Å². The van der Waals surface area contributed by atoms with Crippen molar-refractivity contribution in [3.05, 3.63) is 17.2 Å². The molecule has 0 atom stereocenters. The van der Waals surface area contributed by atoms with Crippen molar-refractivity contribution in [2.75, 3.05) is 26.1 Å². The minimum atomic E-state index is -0.376. The van der Waals surface area contributed by atoms with E-state index in [2.05, 4.69) is 5.32 Å². The van der Waals surface area contributed by atoms with Gasteiger partial charge < -0.3 is 19.5 Å². The molecule has 5 nitrogen and oxygen atoms in total. The van der Waals surface area contributed by atoms with Crippen molar-refractivity contribution in [1.29, 1.82) is 0 Å². The number of halogens is 1. The summed E-state index contributed by atoms with van der Waals surface area (Å²) in [6.07, 6.45) is 0. The van der Waals surface area contributed by atoms with Crippen molar-refractivity contribution in [1.82, 2.24) is 0 Å². The topological polar surface area (TPSA) is 56.8 Å². The Morgan fingerprint density at radius 2 is 1.75 bits per heavy atom. The number of amides is 1. The van der Waals surface area contributed by atoms with Crippen LogP contribution in [0, 0.1) is 0 Å². The fourth-order valence-electron chi connectivity index (χ4n) is 1.42. The summed E-state index contributed by atoms with van der Waals surface area (Å²) in [6.45, 7) is 5.59. The zero-order valence-corrected chi connectivity index (χ0v) is 13.1. The first-order valence-electron chi connectivity index (χ1n) is 6.12. The van der Waals surface area contributed by atoms with E-state index < -0.39 is 0 Å². The Hall–Kier alpha value is -1.46. The summed E-state index contributed by atoms with van der Waals surface area (Å²) in [6, 6.07) is 3.19. The summed E-state index contributed by atoms with van der Waals surface area (Å²) < 4.78 is 15.7. The summed E-state index contributed by atoms with van der Waals surface area (Å²) in [5.41, 5.74) is 0.0745. The van der Waals surface area contributed by atoms with Gasteiger partial charge >= 0.3 is 0 Å². The number of methoxy groups -OCH3 is 2. The third-order valence-electron chi connectivity index (χ3n) is 2.38. The smallest absolute Gasteiger partial charge is 0.250 e. The molecule has 0 aromatic heterocycles. The summed E-state index contributed by atoms with van der Waals surface area (Å²) in [7, 11) is 3.03. The molecule has 0 saturated heterocycles. The predicted octanol–water partition coefficient (Wildman–Crippen LogP) is 3.11. The molecule has 20 heavy (non-hydrogen) atoms. The number of hydrogen-bond donors (Lipinski definition) is 1. The second kappa shape index (κ2) is 6.81. The standard InChI is InChI=1S/C14H20ClNO4/c1-14(2,3)20-8-13(17)16-10-7-12(19-5)11(18-4)6-9(10)15/h6-7H,8H2,1-5H3,(H,16,17). The SMILES string of the molecule is COc1cc(Cl)c(NC(=O)COC(C)(C)C)cc1OC. The van der Waals surface area contributed by atoms with Crippen LogP contribution in [-0.4, -0.2) is 32.3 Å². The predicted molar refractivity (Wildman–Crippen MR) is 78.9 cm³/mol. The van der Waals surface area contributed by atoms with Gasteiger partial charge in [0.2, 0.25) is 5.91 Å². The van der Waals surface area contributed by atoms with Crippen LogP contribution in [0.2, 0.25) is 5.02 Å². The maximum absolute atomic E-state index is 11.8. The molecule has 1 amide bonds. The van der Waals surface area contributed by atoms with Gasteiger partial charge in [-0.3, -0.25) is 4.79 Å². The lowest BCUT2D eigenvalue weighted by Gasteiger charge is -2.19. The molecule has 0 radical (unpaired) electrons. The normalized spacial score (nSPS) is 11.1. The molecule has 0 aliphatic rings. The molecule has 6 heteroatoms. The Morgan fingerprint density at radius 3 is 2.25 bits per heavy atom. The Bertz CT molecular complexity index is 483. The Balaban J connectivity index is 2.79. The molecule has 0 aliphatic carbocycles. The number of nitrogens with one attached hydrogen (secondary N) is 1. The molecule has 0 unspecified atom stereocenters. The van der Waals surface area contributed by atoms with E-state index in [9.17, 15) is 4.79 Å². The van der Waals surface area contributed by atoms with Gasteiger partial charge in [-0.2, -0.15) is 0 Å². The van der Waals surface area contributed by atoms with Crippen LogP contribution in [0.4, 0.5) is 5.69 Å². The third kappa shape index (κ3) is 4.90. The highest BCUT2D eigenvalue weighted by molar-refractivity contribution is 6.34. The Labute approximate surface area is 124 Å². The second-order valence-corrected chi connectivity index (χ2v) is 5.54. The van der Waals surface area contributed by atoms with Gasteiger partial charge in [-0.25, -0.2) is 0 Å². The van der Waals surface area contributed by atoms with Gasteiger partial charge in [0, 0.05) is 12.1 Å². The van der Waals surface area contributed by atoms with Crippen molar-refractivity contribution >= 4 is 23.2 Å². The van der Waals surface area contributed by atoms with E-state index in [1.165, 1.54) is 14.2 Å².